The second-order valence-electron chi connectivity index (χ2n) is 6.15. The van der Waals surface area contributed by atoms with Gasteiger partial charge in [-0.15, -0.1) is 0 Å². The number of pyridine rings is 1. The normalized spacial score (nSPS) is 13.3. The lowest BCUT2D eigenvalue weighted by atomic mass is 9.74. The van der Waals surface area contributed by atoms with Crippen LogP contribution in [0.25, 0.3) is 0 Å². The Morgan fingerprint density at radius 1 is 1.00 bits per heavy atom. The maximum absolute atomic E-state index is 9.39. The van der Waals surface area contributed by atoms with E-state index in [1.807, 2.05) is 6.07 Å². The Labute approximate surface area is 115 Å². The third-order valence-electron chi connectivity index (χ3n) is 3.34. The zero-order chi connectivity index (χ0) is 14.0. The van der Waals surface area contributed by atoms with Gasteiger partial charge in [0.15, 0.2) is 0 Å². The second-order valence-corrected chi connectivity index (χ2v) is 6.15. The Morgan fingerprint density at radius 3 is 2.11 bits per heavy atom. The molecule has 0 radical (unpaired) electrons. The molecule has 0 saturated heterocycles. The molecular formula is C17H21NO. The second kappa shape index (κ2) is 5.04. The van der Waals surface area contributed by atoms with Gasteiger partial charge in [-0.25, -0.2) is 0 Å². The van der Waals surface area contributed by atoms with Gasteiger partial charge in [0.25, 0.3) is 0 Å². The summed E-state index contributed by atoms with van der Waals surface area (Å²) in [5.41, 5.74) is 3.58. The molecule has 0 saturated carbocycles. The minimum Gasteiger partial charge on any atom is -0.506 e. The maximum atomic E-state index is 9.39. The summed E-state index contributed by atoms with van der Waals surface area (Å²) in [5.74, 6) is 0.425. The van der Waals surface area contributed by atoms with E-state index in [9.17, 15) is 5.11 Å². The van der Waals surface area contributed by atoms with Crippen molar-refractivity contribution in [3.63, 3.8) is 0 Å². The van der Waals surface area contributed by atoms with E-state index in [4.69, 9.17) is 0 Å². The smallest absolute Gasteiger partial charge is 0.133 e. The van der Waals surface area contributed by atoms with Gasteiger partial charge in [0.05, 0.1) is 6.20 Å². The molecule has 100 valence electrons. The number of rotatable bonds is 2. The molecule has 2 nitrogen and oxygen atoms in total. The molecular weight excluding hydrogens is 234 g/mol. The van der Waals surface area contributed by atoms with Crippen molar-refractivity contribution in [2.24, 2.45) is 5.41 Å². The molecule has 1 unspecified atom stereocenters. The summed E-state index contributed by atoms with van der Waals surface area (Å²) in [4.78, 5) is 4.39. The SMILES string of the molecule is Cc1ccc(C(c2ccc(O)cn2)C(C)(C)C)cc1. The molecule has 0 fully saturated rings. The van der Waals surface area contributed by atoms with Crippen LogP contribution < -0.4 is 0 Å². The van der Waals surface area contributed by atoms with Crippen LogP contribution in [0.15, 0.2) is 42.6 Å². The number of benzene rings is 1. The molecule has 1 aromatic heterocycles. The molecule has 0 aliphatic rings. The largest absolute Gasteiger partial charge is 0.506 e. The van der Waals surface area contributed by atoms with Crippen molar-refractivity contribution in [1.82, 2.24) is 4.98 Å². The van der Waals surface area contributed by atoms with Crippen LogP contribution in [0.1, 0.15) is 43.5 Å². The molecule has 1 N–H and O–H groups in total. The number of hydrogen-bond acceptors (Lipinski definition) is 2. The van der Waals surface area contributed by atoms with Crippen LogP contribution in [0.4, 0.5) is 0 Å². The first kappa shape index (κ1) is 13.6. The van der Waals surface area contributed by atoms with Gasteiger partial charge in [0.2, 0.25) is 0 Å². The van der Waals surface area contributed by atoms with E-state index in [-0.39, 0.29) is 17.1 Å². The Balaban J connectivity index is 2.47. The predicted octanol–water partition coefficient (Wildman–Crippen LogP) is 4.27. The van der Waals surface area contributed by atoms with Gasteiger partial charge in [-0.05, 0) is 30.0 Å². The number of nitrogens with zero attached hydrogens (tertiary/aromatic N) is 1. The molecule has 0 aliphatic carbocycles. The van der Waals surface area contributed by atoms with Gasteiger partial charge in [0.1, 0.15) is 5.75 Å². The fourth-order valence-electron chi connectivity index (χ4n) is 2.44. The van der Waals surface area contributed by atoms with Crippen LogP contribution in [0, 0.1) is 12.3 Å². The van der Waals surface area contributed by atoms with E-state index in [1.165, 1.54) is 17.3 Å². The molecule has 0 aliphatic heterocycles. The van der Waals surface area contributed by atoms with E-state index >= 15 is 0 Å². The van der Waals surface area contributed by atoms with Crippen LogP contribution in [0.2, 0.25) is 0 Å². The standard InChI is InChI=1S/C17H21NO/c1-12-5-7-13(8-6-12)16(17(2,3)4)15-10-9-14(19)11-18-15/h5-11,16,19H,1-4H3. The van der Waals surface area contributed by atoms with Gasteiger partial charge in [-0.1, -0.05) is 50.6 Å². The van der Waals surface area contributed by atoms with E-state index in [1.54, 1.807) is 6.07 Å². The lowest BCUT2D eigenvalue weighted by Crippen LogP contribution is -2.20. The fourth-order valence-corrected chi connectivity index (χ4v) is 2.44. The van der Waals surface area contributed by atoms with Gasteiger partial charge >= 0.3 is 0 Å². The molecule has 0 spiro atoms. The Kier molecular flexibility index (Phi) is 3.61. The molecule has 1 heterocycles. The molecule has 2 aromatic rings. The predicted molar refractivity (Wildman–Crippen MR) is 78.4 cm³/mol. The number of aromatic hydroxyl groups is 1. The summed E-state index contributed by atoms with van der Waals surface area (Å²) in [5, 5.41) is 9.39. The van der Waals surface area contributed by atoms with Crippen molar-refractivity contribution < 1.29 is 5.11 Å². The lowest BCUT2D eigenvalue weighted by Gasteiger charge is -2.31. The molecule has 2 heteroatoms. The highest BCUT2D eigenvalue weighted by atomic mass is 16.3. The van der Waals surface area contributed by atoms with Gasteiger partial charge in [-0.3, -0.25) is 4.98 Å². The van der Waals surface area contributed by atoms with E-state index < -0.39 is 0 Å². The number of aromatic nitrogens is 1. The zero-order valence-corrected chi connectivity index (χ0v) is 12.0. The third-order valence-corrected chi connectivity index (χ3v) is 3.34. The highest BCUT2D eigenvalue weighted by Crippen LogP contribution is 2.39. The zero-order valence-electron chi connectivity index (χ0n) is 12.0. The first-order chi connectivity index (χ1) is 8.88. The van der Waals surface area contributed by atoms with Crippen LogP contribution in [0.3, 0.4) is 0 Å². The van der Waals surface area contributed by atoms with Crippen molar-refractivity contribution in [3.05, 3.63) is 59.4 Å². The Bertz CT molecular complexity index is 489. The van der Waals surface area contributed by atoms with Crippen LogP contribution >= 0.6 is 0 Å². The summed E-state index contributed by atoms with van der Waals surface area (Å²) in [6.07, 6.45) is 1.52. The summed E-state index contributed by atoms with van der Waals surface area (Å²) < 4.78 is 0. The minimum absolute atomic E-state index is 0.0687. The summed E-state index contributed by atoms with van der Waals surface area (Å²) in [6.45, 7) is 8.73. The Hall–Kier alpha value is -1.83. The lowest BCUT2D eigenvalue weighted by molar-refractivity contribution is 0.352. The first-order valence-electron chi connectivity index (χ1n) is 6.59. The van der Waals surface area contributed by atoms with Crippen molar-refractivity contribution in [2.75, 3.05) is 0 Å². The average Bonchev–Trinajstić information content (AvgIpc) is 2.33. The van der Waals surface area contributed by atoms with Crippen molar-refractivity contribution in [2.45, 2.75) is 33.6 Å². The first-order valence-corrected chi connectivity index (χ1v) is 6.59. The summed E-state index contributed by atoms with van der Waals surface area (Å²) >= 11 is 0. The van der Waals surface area contributed by atoms with E-state index in [0.29, 0.717) is 0 Å². The van der Waals surface area contributed by atoms with Gasteiger partial charge in [0, 0.05) is 11.6 Å². The maximum Gasteiger partial charge on any atom is 0.133 e. The van der Waals surface area contributed by atoms with Gasteiger partial charge in [-0.2, -0.15) is 0 Å². The topological polar surface area (TPSA) is 33.1 Å². The molecule has 1 atom stereocenters. The van der Waals surface area contributed by atoms with Crippen LogP contribution in [0.5, 0.6) is 5.75 Å². The third kappa shape index (κ3) is 3.14. The van der Waals surface area contributed by atoms with E-state index in [2.05, 4.69) is 56.9 Å². The molecule has 2 rings (SSSR count). The molecule has 0 bridgehead atoms. The molecule has 19 heavy (non-hydrogen) atoms. The summed E-state index contributed by atoms with van der Waals surface area (Å²) in [7, 11) is 0. The van der Waals surface area contributed by atoms with Crippen LogP contribution in [-0.2, 0) is 0 Å². The number of hydrogen-bond donors (Lipinski definition) is 1. The summed E-state index contributed by atoms with van der Waals surface area (Å²) in [6, 6.07) is 12.2. The average molecular weight is 255 g/mol. The molecule has 1 aromatic carbocycles. The van der Waals surface area contributed by atoms with Crippen molar-refractivity contribution in [1.29, 1.82) is 0 Å². The quantitative estimate of drug-likeness (QED) is 0.869. The number of aryl methyl sites for hydroxylation is 1. The van der Waals surface area contributed by atoms with Crippen LogP contribution in [-0.4, -0.2) is 10.1 Å². The van der Waals surface area contributed by atoms with Gasteiger partial charge < -0.3 is 5.11 Å². The Morgan fingerprint density at radius 2 is 1.63 bits per heavy atom. The monoisotopic (exact) mass is 255 g/mol. The molecule has 0 amide bonds. The van der Waals surface area contributed by atoms with E-state index in [0.717, 1.165) is 5.69 Å². The minimum atomic E-state index is 0.0687. The highest BCUT2D eigenvalue weighted by Gasteiger charge is 2.28. The van der Waals surface area contributed by atoms with Crippen molar-refractivity contribution in [3.8, 4) is 5.75 Å². The fraction of sp³-hybridized carbons (Fsp3) is 0.353. The highest BCUT2D eigenvalue weighted by molar-refractivity contribution is 5.34. The van der Waals surface area contributed by atoms with Crippen molar-refractivity contribution >= 4 is 0 Å².